The molecule has 1 aromatic rings. The summed E-state index contributed by atoms with van der Waals surface area (Å²) in [6.45, 7) is 7.71. The summed E-state index contributed by atoms with van der Waals surface area (Å²) in [6, 6.07) is 0. The van der Waals surface area contributed by atoms with Crippen LogP contribution in [0.15, 0.2) is 10.8 Å². The topological polar surface area (TPSA) is 29.9 Å². The van der Waals surface area contributed by atoms with Crippen molar-refractivity contribution >= 4 is 21.6 Å². The number of rotatable bonds is 3. The molecule has 0 spiro atoms. The number of nitrogens with one attached hydrogen (secondary N) is 1. The van der Waals surface area contributed by atoms with E-state index in [1.807, 2.05) is 13.2 Å². The summed E-state index contributed by atoms with van der Waals surface area (Å²) in [7, 11) is 1.92. The quantitative estimate of drug-likeness (QED) is 0.905. The molecular formula is C10H18BrN3. The maximum atomic E-state index is 4.14. The number of nitrogens with zero attached hydrogens (tertiary/aromatic N) is 2. The molecule has 0 saturated heterocycles. The van der Waals surface area contributed by atoms with Crippen molar-refractivity contribution in [1.29, 1.82) is 0 Å². The summed E-state index contributed by atoms with van der Waals surface area (Å²) >= 11 is 3.47. The SMILES string of the molecule is Cn1ncc(NCCC(C)(C)C)c1Br. The molecule has 0 aliphatic carbocycles. The summed E-state index contributed by atoms with van der Waals surface area (Å²) in [5, 5.41) is 7.50. The van der Waals surface area contributed by atoms with Crippen molar-refractivity contribution in [3.63, 3.8) is 0 Å². The van der Waals surface area contributed by atoms with Crippen LogP contribution in [0.1, 0.15) is 27.2 Å². The predicted molar refractivity (Wildman–Crippen MR) is 63.5 cm³/mol. The minimum atomic E-state index is 0.377. The first kappa shape index (κ1) is 11.6. The molecule has 14 heavy (non-hydrogen) atoms. The van der Waals surface area contributed by atoms with E-state index in [4.69, 9.17) is 0 Å². The van der Waals surface area contributed by atoms with Gasteiger partial charge in [-0.2, -0.15) is 5.10 Å². The molecule has 0 unspecified atom stereocenters. The Morgan fingerprint density at radius 2 is 2.14 bits per heavy atom. The fourth-order valence-corrected chi connectivity index (χ4v) is 1.45. The Hall–Kier alpha value is -0.510. The molecule has 1 rings (SSSR count). The minimum absolute atomic E-state index is 0.377. The van der Waals surface area contributed by atoms with Crippen LogP contribution in [-0.4, -0.2) is 16.3 Å². The normalized spacial score (nSPS) is 11.8. The largest absolute Gasteiger partial charge is 0.382 e. The van der Waals surface area contributed by atoms with E-state index in [9.17, 15) is 0 Å². The lowest BCUT2D eigenvalue weighted by Crippen LogP contribution is -2.12. The van der Waals surface area contributed by atoms with E-state index in [1.54, 1.807) is 4.68 Å². The van der Waals surface area contributed by atoms with Gasteiger partial charge >= 0.3 is 0 Å². The fraction of sp³-hybridized carbons (Fsp3) is 0.700. The predicted octanol–water partition coefficient (Wildman–Crippen LogP) is 3.03. The Labute approximate surface area is 94.0 Å². The van der Waals surface area contributed by atoms with Crippen molar-refractivity contribution in [1.82, 2.24) is 9.78 Å². The van der Waals surface area contributed by atoms with Crippen LogP contribution in [-0.2, 0) is 7.05 Å². The van der Waals surface area contributed by atoms with Crippen LogP contribution in [0.2, 0.25) is 0 Å². The van der Waals surface area contributed by atoms with E-state index in [1.165, 1.54) is 0 Å². The van der Waals surface area contributed by atoms with E-state index in [-0.39, 0.29) is 0 Å². The zero-order chi connectivity index (χ0) is 10.8. The molecule has 1 aromatic heterocycles. The molecule has 0 saturated carbocycles. The average Bonchev–Trinajstić information content (AvgIpc) is 2.33. The van der Waals surface area contributed by atoms with E-state index >= 15 is 0 Å². The molecule has 3 nitrogen and oxygen atoms in total. The Bertz CT molecular complexity index is 299. The lowest BCUT2D eigenvalue weighted by atomic mass is 9.92. The third-order valence-corrected chi connectivity index (χ3v) is 3.00. The second-order valence-electron chi connectivity index (χ2n) is 4.71. The summed E-state index contributed by atoms with van der Waals surface area (Å²) in [5.74, 6) is 0. The molecule has 0 fully saturated rings. The zero-order valence-corrected chi connectivity index (χ0v) is 10.8. The number of aromatic nitrogens is 2. The van der Waals surface area contributed by atoms with Gasteiger partial charge in [0, 0.05) is 13.6 Å². The van der Waals surface area contributed by atoms with Crippen molar-refractivity contribution in [2.45, 2.75) is 27.2 Å². The maximum absolute atomic E-state index is 4.14. The molecule has 4 heteroatoms. The van der Waals surface area contributed by atoms with Crippen molar-refractivity contribution in [2.24, 2.45) is 12.5 Å². The van der Waals surface area contributed by atoms with Gasteiger partial charge in [-0.3, -0.25) is 4.68 Å². The van der Waals surface area contributed by atoms with Gasteiger partial charge in [0.1, 0.15) is 4.60 Å². The highest BCUT2D eigenvalue weighted by Gasteiger charge is 2.10. The van der Waals surface area contributed by atoms with Crippen LogP contribution in [0.5, 0.6) is 0 Å². The highest BCUT2D eigenvalue weighted by atomic mass is 79.9. The van der Waals surface area contributed by atoms with Gasteiger partial charge in [-0.25, -0.2) is 0 Å². The fourth-order valence-electron chi connectivity index (χ4n) is 1.11. The Morgan fingerprint density at radius 3 is 2.57 bits per heavy atom. The highest BCUT2D eigenvalue weighted by Crippen LogP contribution is 2.22. The van der Waals surface area contributed by atoms with Crippen molar-refractivity contribution in [3.8, 4) is 0 Å². The van der Waals surface area contributed by atoms with Crippen LogP contribution in [0.25, 0.3) is 0 Å². The van der Waals surface area contributed by atoms with Gasteiger partial charge < -0.3 is 5.32 Å². The first-order valence-electron chi connectivity index (χ1n) is 4.81. The lowest BCUT2D eigenvalue weighted by Gasteiger charge is -2.18. The second-order valence-corrected chi connectivity index (χ2v) is 5.46. The third kappa shape index (κ3) is 3.33. The Morgan fingerprint density at radius 1 is 1.50 bits per heavy atom. The molecule has 1 heterocycles. The molecule has 0 radical (unpaired) electrons. The Kier molecular flexibility index (Phi) is 3.59. The van der Waals surface area contributed by atoms with Crippen LogP contribution in [0, 0.1) is 5.41 Å². The maximum Gasteiger partial charge on any atom is 0.126 e. The van der Waals surface area contributed by atoms with E-state index in [2.05, 4.69) is 47.1 Å². The first-order chi connectivity index (χ1) is 6.40. The lowest BCUT2D eigenvalue weighted by molar-refractivity contribution is 0.390. The van der Waals surface area contributed by atoms with Gasteiger partial charge in [-0.1, -0.05) is 20.8 Å². The average molecular weight is 260 g/mol. The van der Waals surface area contributed by atoms with Crippen LogP contribution in [0.3, 0.4) is 0 Å². The van der Waals surface area contributed by atoms with Crippen LogP contribution >= 0.6 is 15.9 Å². The molecule has 0 aliphatic rings. The number of halogens is 1. The monoisotopic (exact) mass is 259 g/mol. The van der Waals surface area contributed by atoms with Gasteiger partial charge in [0.05, 0.1) is 11.9 Å². The zero-order valence-electron chi connectivity index (χ0n) is 9.26. The van der Waals surface area contributed by atoms with E-state index in [0.717, 1.165) is 23.3 Å². The van der Waals surface area contributed by atoms with Gasteiger partial charge in [0.25, 0.3) is 0 Å². The molecule has 0 atom stereocenters. The Balaban J connectivity index is 2.43. The molecule has 80 valence electrons. The third-order valence-electron chi connectivity index (χ3n) is 2.06. The van der Waals surface area contributed by atoms with Crippen LogP contribution < -0.4 is 5.32 Å². The van der Waals surface area contributed by atoms with Gasteiger partial charge in [-0.05, 0) is 27.8 Å². The highest BCUT2D eigenvalue weighted by molar-refractivity contribution is 9.10. The van der Waals surface area contributed by atoms with Crippen molar-refractivity contribution < 1.29 is 0 Å². The molecule has 0 aliphatic heterocycles. The summed E-state index contributed by atoms with van der Waals surface area (Å²) in [6.07, 6.45) is 2.99. The summed E-state index contributed by atoms with van der Waals surface area (Å²) in [5.41, 5.74) is 1.44. The van der Waals surface area contributed by atoms with Crippen molar-refractivity contribution in [3.05, 3.63) is 10.8 Å². The number of anilines is 1. The molecule has 0 amide bonds. The van der Waals surface area contributed by atoms with Crippen LogP contribution in [0.4, 0.5) is 5.69 Å². The van der Waals surface area contributed by atoms with E-state index in [0.29, 0.717) is 5.41 Å². The molecule has 0 aromatic carbocycles. The smallest absolute Gasteiger partial charge is 0.126 e. The number of aryl methyl sites for hydroxylation is 1. The second kappa shape index (κ2) is 4.34. The number of hydrogen-bond acceptors (Lipinski definition) is 2. The van der Waals surface area contributed by atoms with Crippen molar-refractivity contribution in [2.75, 3.05) is 11.9 Å². The molecular weight excluding hydrogens is 242 g/mol. The minimum Gasteiger partial charge on any atom is -0.382 e. The molecule has 1 N–H and O–H groups in total. The summed E-state index contributed by atoms with van der Waals surface area (Å²) < 4.78 is 2.81. The van der Waals surface area contributed by atoms with Gasteiger partial charge in [0.15, 0.2) is 0 Å². The number of hydrogen-bond donors (Lipinski definition) is 1. The first-order valence-corrected chi connectivity index (χ1v) is 5.61. The summed E-state index contributed by atoms with van der Waals surface area (Å²) in [4.78, 5) is 0. The van der Waals surface area contributed by atoms with Gasteiger partial charge in [0.2, 0.25) is 0 Å². The molecule has 0 bridgehead atoms. The standard InChI is InChI=1S/C10H18BrN3/c1-10(2,3)5-6-12-8-7-13-14(4)9(8)11/h7,12H,5-6H2,1-4H3. The van der Waals surface area contributed by atoms with E-state index < -0.39 is 0 Å². The van der Waals surface area contributed by atoms with Gasteiger partial charge in [-0.15, -0.1) is 0 Å².